The summed E-state index contributed by atoms with van der Waals surface area (Å²) in [7, 11) is -3.82. The van der Waals surface area contributed by atoms with Crippen molar-refractivity contribution in [1.82, 2.24) is 5.32 Å². The third-order valence-corrected chi connectivity index (χ3v) is 6.34. The Morgan fingerprint density at radius 3 is 2.43 bits per heavy atom. The summed E-state index contributed by atoms with van der Waals surface area (Å²) in [6, 6.07) is 11.7. The zero-order valence-corrected chi connectivity index (χ0v) is 17.1. The first kappa shape index (κ1) is 20.6. The van der Waals surface area contributed by atoms with Gasteiger partial charge in [0, 0.05) is 6.07 Å². The molecule has 1 aliphatic rings. The van der Waals surface area contributed by atoms with Crippen LogP contribution in [0, 0.1) is 5.82 Å². The topological polar surface area (TPSA) is 64.6 Å². The Bertz CT molecular complexity index is 904. The van der Waals surface area contributed by atoms with E-state index in [0.29, 0.717) is 18.7 Å². The van der Waals surface area contributed by atoms with Gasteiger partial charge in [-0.15, -0.1) is 0 Å². The molecule has 0 bridgehead atoms. The summed E-state index contributed by atoms with van der Waals surface area (Å²) in [5.41, 5.74) is -1.74. The van der Waals surface area contributed by atoms with E-state index < -0.39 is 32.7 Å². The first-order chi connectivity index (χ1) is 13.2. The number of rotatable bonds is 6. The van der Waals surface area contributed by atoms with Crippen LogP contribution >= 0.6 is 0 Å². The SMILES string of the molecule is CC(C)(C)Oc1ccc(F)cc1O[C@H]([C@@H]1CCCN1)S(=O)(=O)c1ccccc1. The highest BCUT2D eigenvalue weighted by atomic mass is 32.2. The first-order valence-electron chi connectivity index (χ1n) is 9.34. The van der Waals surface area contributed by atoms with Crippen molar-refractivity contribution in [2.24, 2.45) is 0 Å². The Morgan fingerprint density at radius 2 is 1.82 bits per heavy atom. The second-order valence-electron chi connectivity index (χ2n) is 7.85. The third-order valence-electron chi connectivity index (χ3n) is 4.37. The van der Waals surface area contributed by atoms with E-state index in [1.54, 1.807) is 30.3 Å². The van der Waals surface area contributed by atoms with Crippen molar-refractivity contribution >= 4 is 9.84 Å². The van der Waals surface area contributed by atoms with Crippen LogP contribution in [0.5, 0.6) is 11.5 Å². The van der Waals surface area contributed by atoms with Crippen LogP contribution in [-0.2, 0) is 9.84 Å². The average molecular weight is 408 g/mol. The van der Waals surface area contributed by atoms with Crippen molar-refractivity contribution in [1.29, 1.82) is 0 Å². The molecule has 1 N–H and O–H groups in total. The van der Waals surface area contributed by atoms with Gasteiger partial charge in [-0.1, -0.05) is 18.2 Å². The molecule has 2 atom stereocenters. The van der Waals surface area contributed by atoms with Gasteiger partial charge in [0.15, 0.2) is 11.5 Å². The van der Waals surface area contributed by atoms with E-state index in [4.69, 9.17) is 9.47 Å². The summed E-state index contributed by atoms with van der Waals surface area (Å²) in [5, 5.41) is 3.20. The molecule has 0 radical (unpaired) electrons. The molecule has 5 nitrogen and oxygen atoms in total. The first-order valence-corrected chi connectivity index (χ1v) is 10.9. The Hall–Kier alpha value is -2.12. The standard InChI is InChI=1S/C21H26FNO4S/c1-21(2,3)27-18-12-11-15(22)14-19(18)26-20(17-10-7-13-23-17)28(24,25)16-8-5-4-6-9-16/h4-6,8-9,11-12,14,17,20,23H,7,10,13H2,1-3H3/t17-,20-/m0/s1. The van der Waals surface area contributed by atoms with Crippen molar-refractivity contribution < 1.29 is 22.3 Å². The average Bonchev–Trinajstić information content (AvgIpc) is 3.15. The maximum absolute atomic E-state index is 13.9. The van der Waals surface area contributed by atoms with Crippen LogP contribution in [0.4, 0.5) is 4.39 Å². The number of halogens is 1. The fourth-order valence-electron chi connectivity index (χ4n) is 3.16. The Labute approximate surface area is 165 Å². The van der Waals surface area contributed by atoms with Crippen molar-refractivity contribution in [3.05, 3.63) is 54.3 Å². The molecule has 28 heavy (non-hydrogen) atoms. The largest absolute Gasteiger partial charge is 0.484 e. The van der Waals surface area contributed by atoms with Gasteiger partial charge < -0.3 is 14.8 Å². The van der Waals surface area contributed by atoms with E-state index in [1.807, 2.05) is 20.8 Å². The second-order valence-corrected chi connectivity index (χ2v) is 9.88. The number of benzene rings is 2. The lowest BCUT2D eigenvalue weighted by Gasteiger charge is -2.28. The summed E-state index contributed by atoms with van der Waals surface area (Å²) in [5.74, 6) is -0.139. The van der Waals surface area contributed by atoms with Gasteiger partial charge in [-0.2, -0.15) is 0 Å². The van der Waals surface area contributed by atoms with Gasteiger partial charge in [0.25, 0.3) is 0 Å². The van der Waals surface area contributed by atoms with E-state index in [-0.39, 0.29) is 10.6 Å². The van der Waals surface area contributed by atoms with Crippen LogP contribution in [0.1, 0.15) is 33.6 Å². The van der Waals surface area contributed by atoms with E-state index in [0.717, 1.165) is 6.42 Å². The lowest BCUT2D eigenvalue weighted by molar-refractivity contribution is 0.119. The molecule has 0 amide bonds. The molecule has 3 rings (SSSR count). The molecule has 7 heteroatoms. The summed E-state index contributed by atoms with van der Waals surface area (Å²) < 4.78 is 52.4. The van der Waals surface area contributed by atoms with Crippen molar-refractivity contribution in [2.45, 2.75) is 55.6 Å². The lowest BCUT2D eigenvalue weighted by Crippen LogP contribution is -2.44. The highest BCUT2D eigenvalue weighted by Crippen LogP contribution is 2.34. The minimum atomic E-state index is -3.82. The lowest BCUT2D eigenvalue weighted by atomic mass is 10.2. The normalized spacial score (nSPS) is 18.6. The predicted molar refractivity (Wildman–Crippen MR) is 106 cm³/mol. The molecular weight excluding hydrogens is 381 g/mol. The van der Waals surface area contributed by atoms with Gasteiger partial charge in [0.05, 0.1) is 10.9 Å². The Kier molecular flexibility index (Phi) is 5.95. The summed E-state index contributed by atoms with van der Waals surface area (Å²) >= 11 is 0. The molecule has 0 saturated carbocycles. The maximum Gasteiger partial charge on any atom is 0.218 e. The Morgan fingerprint density at radius 1 is 1.11 bits per heavy atom. The maximum atomic E-state index is 13.9. The van der Waals surface area contributed by atoms with Gasteiger partial charge in [0.2, 0.25) is 15.3 Å². The molecular formula is C21H26FNO4S. The zero-order valence-electron chi connectivity index (χ0n) is 16.3. The number of hydrogen-bond acceptors (Lipinski definition) is 5. The van der Waals surface area contributed by atoms with Gasteiger partial charge in [0.1, 0.15) is 11.4 Å². The third kappa shape index (κ3) is 4.83. The second kappa shape index (κ2) is 8.09. The van der Waals surface area contributed by atoms with Crippen LogP contribution in [0.25, 0.3) is 0 Å². The number of hydrogen-bond donors (Lipinski definition) is 1. The summed E-state index contributed by atoms with van der Waals surface area (Å²) in [6.45, 7) is 6.29. The van der Waals surface area contributed by atoms with Crippen LogP contribution in [0.2, 0.25) is 0 Å². The summed E-state index contributed by atoms with van der Waals surface area (Å²) in [6.07, 6.45) is 1.50. The van der Waals surface area contributed by atoms with Crippen LogP contribution in [-0.4, -0.2) is 32.0 Å². The van der Waals surface area contributed by atoms with Crippen molar-refractivity contribution in [3.63, 3.8) is 0 Å². The summed E-state index contributed by atoms with van der Waals surface area (Å²) in [4.78, 5) is 0.170. The van der Waals surface area contributed by atoms with E-state index in [9.17, 15) is 12.8 Å². The molecule has 0 aromatic heterocycles. The van der Waals surface area contributed by atoms with Gasteiger partial charge in [-0.25, -0.2) is 12.8 Å². The highest BCUT2D eigenvalue weighted by molar-refractivity contribution is 7.92. The smallest absolute Gasteiger partial charge is 0.218 e. The fraction of sp³-hybridized carbons (Fsp3) is 0.429. The molecule has 2 aromatic carbocycles. The fourth-order valence-corrected chi connectivity index (χ4v) is 4.86. The Balaban J connectivity index is 2.01. The molecule has 152 valence electrons. The highest BCUT2D eigenvalue weighted by Gasteiger charge is 2.39. The van der Waals surface area contributed by atoms with Crippen LogP contribution in [0.15, 0.2) is 53.4 Å². The van der Waals surface area contributed by atoms with Crippen LogP contribution < -0.4 is 14.8 Å². The van der Waals surface area contributed by atoms with Crippen LogP contribution in [0.3, 0.4) is 0 Å². The molecule has 2 aromatic rings. The number of nitrogens with one attached hydrogen (secondary N) is 1. The van der Waals surface area contributed by atoms with Crippen molar-refractivity contribution in [3.8, 4) is 11.5 Å². The van der Waals surface area contributed by atoms with Gasteiger partial charge in [-0.05, 0) is 64.4 Å². The molecule has 1 fully saturated rings. The van der Waals surface area contributed by atoms with E-state index in [2.05, 4.69) is 5.32 Å². The number of ether oxygens (including phenoxy) is 2. The monoisotopic (exact) mass is 407 g/mol. The minimum absolute atomic E-state index is 0.0770. The predicted octanol–water partition coefficient (Wildman–Crippen LogP) is 3.93. The molecule has 1 saturated heterocycles. The van der Waals surface area contributed by atoms with Crippen molar-refractivity contribution in [2.75, 3.05) is 6.54 Å². The van der Waals surface area contributed by atoms with Gasteiger partial charge >= 0.3 is 0 Å². The molecule has 0 spiro atoms. The number of sulfone groups is 1. The van der Waals surface area contributed by atoms with E-state index in [1.165, 1.54) is 18.2 Å². The molecule has 1 aliphatic heterocycles. The van der Waals surface area contributed by atoms with E-state index >= 15 is 0 Å². The zero-order chi connectivity index (χ0) is 20.4. The van der Waals surface area contributed by atoms with Gasteiger partial charge in [-0.3, -0.25) is 0 Å². The minimum Gasteiger partial charge on any atom is -0.484 e. The quantitative estimate of drug-likeness (QED) is 0.786. The molecule has 0 unspecified atom stereocenters. The molecule has 0 aliphatic carbocycles. The molecule has 1 heterocycles.